The normalized spacial score (nSPS) is 12.9. The fourth-order valence-corrected chi connectivity index (χ4v) is 3.18. The van der Waals surface area contributed by atoms with E-state index in [2.05, 4.69) is 4.98 Å². The van der Waals surface area contributed by atoms with Crippen LogP contribution >= 0.6 is 33.3 Å². The fourth-order valence-electron chi connectivity index (χ4n) is 0.754. The summed E-state index contributed by atoms with van der Waals surface area (Å²) in [6.45, 7) is 0. The van der Waals surface area contributed by atoms with Crippen molar-refractivity contribution in [2.24, 2.45) is 0 Å². The van der Waals surface area contributed by atoms with E-state index in [1.165, 1.54) is 22.6 Å². The van der Waals surface area contributed by atoms with Crippen LogP contribution < -0.4 is 0 Å². The van der Waals surface area contributed by atoms with E-state index < -0.39 is 25.7 Å². The zero-order valence-electron chi connectivity index (χ0n) is 6.72. The monoisotopic (exact) mass is 371 g/mol. The molecule has 0 saturated carbocycles. The minimum absolute atomic E-state index is 0.101. The molecule has 0 atom stereocenters. The van der Waals surface area contributed by atoms with E-state index >= 15 is 0 Å². The molecule has 0 N–H and O–H groups in total. The number of hydrogen-bond acceptors (Lipinski definition) is 3. The summed E-state index contributed by atoms with van der Waals surface area (Å²) in [5.74, 6) is 0. The molecule has 0 spiro atoms. The fraction of sp³-hybridized carbons (Fsp3) is 0.167. The molecule has 0 unspecified atom stereocenters. The molecule has 0 amide bonds. The van der Waals surface area contributed by atoms with E-state index in [0.717, 1.165) is 0 Å². The van der Waals surface area contributed by atoms with Gasteiger partial charge in [0.05, 0.1) is 5.56 Å². The molecule has 1 heterocycles. The van der Waals surface area contributed by atoms with Crippen molar-refractivity contribution < 1.29 is 21.6 Å². The molecule has 0 aliphatic heterocycles. The molecule has 9 heteroatoms. The van der Waals surface area contributed by atoms with Crippen molar-refractivity contribution in [3.05, 3.63) is 21.5 Å². The third-order valence-corrected chi connectivity index (χ3v) is 3.96. The molecule has 1 aromatic heterocycles. The van der Waals surface area contributed by atoms with Crippen molar-refractivity contribution in [2.45, 2.75) is 11.1 Å². The van der Waals surface area contributed by atoms with Crippen molar-refractivity contribution in [3.8, 4) is 0 Å². The first-order chi connectivity index (χ1) is 6.62. The van der Waals surface area contributed by atoms with Crippen molar-refractivity contribution in [1.29, 1.82) is 0 Å². The van der Waals surface area contributed by atoms with Crippen LogP contribution in [0.15, 0.2) is 17.2 Å². The Balaban J connectivity index is 3.43. The number of aromatic nitrogens is 1. The highest BCUT2D eigenvalue weighted by Gasteiger charge is 2.33. The van der Waals surface area contributed by atoms with Crippen molar-refractivity contribution >= 4 is 42.3 Å². The molecule has 0 radical (unpaired) electrons. The van der Waals surface area contributed by atoms with Crippen LogP contribution in [-0.2, 0) is 15.2 Å². The zero-order chi connectivity index (χ0) is 11.9. The van der Waals surface area contributed by atoms with E-state index in [1.54, 1.807) is 0 Å². The van der Waals surface area contributed by atoms with Gasteiger partial charge in [-0.2, -0.15) is 13.2 Å². The maximum Gasteiger partial charge on any atom is 0.417 e. The van der Waals surface area contributed by atoms with E-state index in [-0.39, 0.29) is 3.70 Å². The second-order valence-corrected chi connectivity index (χ2v) is 6.00. The smallest absolute Gasteiger partial charge is 0.248 e. The Bertz CT molecular complexity index is 488. The van der Waals surface area contributed by atoms with Crippen LogP contribution in [0.1, 0.15) is 5.56 Å². The van der Waals surface area contributed by atoms with Gasteiger partial charge in [0, 0.05) is 16.9 Å². The molecule has 3 nitrogen and oxygen atoms in total. The van der Waals surface area contributed by atoms with Crippen LogP contribution in [0.4, 0.5) is 13.2 Å². The van der Waals surface area contributed by atoms with Crippen molar-refractivity contribution in [1.82, 2.24) is 4.98 Å². The Morgan fingerprint density at radius 3 is 2.33 bits per heavy atom. The average molecular weight is 372 g/mol. The first kappa shape index (κ1) is 13.0. The lowest BCUT2D eigenvalue weighted by molar-refractivity contribution is -0.138. The number of alkyl halides is 3. The molecule has 0 bridgehead atoms. The highest BCUT2D eigenvalue weighted by atomic mass is 127. The Labute approximate surface area is 101 Å². The lowest BCUT2D eigenvalue weighted by atomic mass is 10.3. The molecule has 1 aromatic rings. The van der Waals surface area contributed by atoms with Crippen LogP contribution in [0.25, 0.3) is 0 Å². The molecule has 0 aromatic carbocycles. The summed E-state index contributed by atoms with van der Waals surface area (Å²) in [6.07, 6.45) is -4.10. The number of pyridine rings is 1. The second-order valence-electron chi connectivity index (χ2n) is 2.45. The van der Waals surface area contributed by atoms with Gasteiger partial charge in [-0.15, -0.1) is 0 Å². The standard InChI is InChI=1S/C6H2ClF3INO2S/c7-15(13,14)4-1-3(6(8,9)10)2-12-5(4)11/h1-2H. The Morgan fingerprint density at radius 1 is 1.40 bits per heavy atom. The Hall–Kier alpha value is -0.0900. The lowest BCUT2D eigenvalue weighted by Gasteiger charge is -2.07. The van der Waals surface area contributed by atoms with E-state index in [9.17, 15) is 21.6 Å². The SMILES string of the molecule is O=S(=O)(Cl)c1cc(C(F)(F)F)cnc1I. The number of nitrogens with zero attached hydrogens (tertiary/aromatic N) is 1. The third kappa shape index (κ3) is 3.18. The number of halogens is 5. The maximum atomic E-state index is 12.2. The summed E-state index contributed by atoms with van der Waals surface area (Å²) in [7, 11) is 0.732. The molecule has 84 valence electrons. The second kappa shape index (κ2) is 4.06. The molecular formula is C6H2ClF3INO2S. The highest BCUT2D eigenvalue weighted by Crippen LogP contribution is 2.31. The summed E-state index contributed by atoms with van der Waals surface area (Å²) in [6, 6.07) is 0.455. The van der Waals surface area contributed by atoms with Crippen molar-refractivity contribution in [2.75, 3.05) is 0 Å². The average Bonchev–Trinajstić information content (AvgIpc) is 2.00. The predicted octanol–water partition coefficient (Wildman–Crippen LogP) is 2.63. The van der Waals surface area contributed by atoms with Crippen LogP contribution in [0.5, 0.6) is 0 Å². The quantitative estimate of drug-likeness (QED) is 0.433. The van der Waals surface area contributed by atoms with Gasteiger partial charge >= 0.3 is 6.18 Å². The van der Waals surface area contributed by atoms with Crippen LogP contribution in [0.3, 0.4) is 0 Å². The van der Waals surface area contributed by atoms with Crippen LogP contribution in [-0.4, -0.2) is 13.4 Å². The molecule has 1 rings (SSSR count). The van der Waals surface area contributed by atoms with Gasteiger partial charge in [-0.05, 0) is 28.7 Å². The maximum absolute atomic E-state index is 12.2. The Kier molecular flexibility index (Phi) is 3.51. The van der Waals surface area contributed by atoms with E-state index in [0.29, 0.717) is 12.3 Å². The lowest BCUT2D eigenvalue weighted by Crippen LogP contribution is -2.08. The van der Waals surface area contributed by atoms with Gasteiger partial charge in [-0.1, -0.05) is 0 Å². The predicted molar refractivity (Wildman–Crippen MR) is 55.0 cm³/mol. The molecule has 0 saturated heterocycles. The molecule has 0 aliphatic rings. The molecule has 0 aliphatic carbocycles. The number of rotatable bonds is 1. The molecule has 0 fully saturated rings. The summed E-state index contributed by atoms with van der Waals surface area (Å²) < 4.78 is 58.3. The van der Waals surface area contributed by atoms with Gasteiger partial charge in [0.15, 0.2) is 0 Å². The van der Waals surface area contributed by atoms with Crippen LogP contribution in [0.2, 0.25) is 0 Å². The largest absolute Gasteiger partial charge is 0.417 e. The van der Waals surface area contributed by atoms with Gasteiger partial charge in [-0.25, -0.2) is 13.4 Å². The number of hydrogen-bond donors (Lipinski definition) is 0. The summed E-state index contributed by atoms with van der Waals surface area (Å²) >= 11 is 1.49. The first-order valence-corrected chi connectivity index (χ1v) is 6.68. The highest BCUT2D eigenvalue weighted by molar-refractivity contribution is 14.1. The van der Waals surface area contributed by atoms with Gasteiger partial charge in [-0.3, -0.25) is 0 Å². The summed E-state index contributed by atoms with van der Waals surface area (Å²) in [5.41, 5.74) is -1.15. The topological polar surface area (TPSA) is 47.0 Å². The third-order valence-electron chi connectivity index (χ3n) is 1.40. The van der Waals surface area contributed by atoms with E-state index in [4.69, 9.17) is 10.7 Å². The minimum atomic E-state index is -4.65. The zero-order valence-corrected chi connectivity index (χ0v) is 10.4. The summed E-state index contributed by atoms with van der Waals surface area (Å²) in [5, 5.41) is 0. The molecular weight excluding hydrogens is 369 g/mol. The Morgan fingerprint density at radius 2 is 1.93 bits per heavy atom. The van der Waals surface area contributed by atoms with Gasteiger partial charge in [0.2, 0.25) is 0 Å². The van der Waals surface area contributed by atoms with Crippen LogP contribution in [0, 0.1) is 3.70 Å². The minimum Gasteiger partial charge on any atom is -0.248 e. The van der Waals surface area contributed by atoms with Crippen molar-refractivity contribution in [3.63, 3.8) is 0 Å². The first-order valence-electron chi connectivity index (χ1n) is 3.30. The van der Waals surface area contributed by atoms with Gasteiger partial charge in [0.1, 0.15) is 8.60 Å². The summed E-state index contributed by atoms with van der Waals surface area (Å²) in [4.78, 5) is 2.68. The molecule has 15 heavy (non-hydrogen) atoms. The van der Waals surface area contributed by atoms with Gasteiger partial charge < -0.3 is 0 Å². The van der Waals surface area contributed by atoms with E-state index in [1.807, 2.05) is 0 Å². The van der Waals surface area contributed by atoms with Gasteiger partial charge in [0.25, 0.3) is 9.05 Å².